The number of fused-ring (bicyclic) bond motifs is 6. The predicted molar refractivity (Wildman–Crippen MR) is 233 cm³/mol. The van der Waals surface area contributed by atoms with Crippen LogP contribution in [0.2, 0.25) is 0 Å². The standard InChI is InChI=1S/C44H48N10O4S/c1-25-23-45-40-39-30-5-7-31(48-32(30)8-11-36(39)59-41(40)43(57)46-25)29-6-12-37(47-26(29)2)53-20-18-51(19-21-53)24-27-14-16-52(17-15-27)28-4-9-33-35(22-28)50(3)44(58)54(33)34-10-13-38(55)49-42(34)56/h4-9,11-12,22,25,27,34,45H,10,13-21,23-24H2,1-3H3,(H,46,57)(H,49,55,56)/t25-,34?/m1/s1. The van der Waals surface area contributed by atoms with Crippen LogP contribution in [-0.4, -0.2) is 100 Å². The SMILES string of the molecule is Cc1nc(N2CCN(CC3CCN(c4ccc5c(c4)n(C)c(=O)n5C4CCC(=O)NC4=O)CC3)CC2)ccc1-c1ccc2c(ccc3sc4c(c32)NC[C@@H](C)NC4=O)n1. The third kappa shape index (κ3) is 6.69. The number of piperazine rings is 1. The molecule has 2 atom stereocenters. The number of aromatic nitrogens is 4. The van der Waals surface area contributed by atoms with Gasteiger partial charge in [0.25, 0.3) is 5.91 Å². The van der Waals surface area contributed by atoms with Crippen molar-refractivity contribution < 1.29 is 14.4 Å². The van der Waals surface area contributed by atoms with Gasteiger partial charge in [0.1, 0.15) is 16.7 Å². The summed E-state index contributed by atoms with van der Waals surface area (Å²) in [6, 6.07) is 18.1. The number of anilines is 3. The average molecular weight is 813 g/mol. The second-order valence-electron chi connectivity index (χ2n) is 16.6. The minimum Gasteiger partial charge on any atom is -0.381 e. The van der Waals surface area contributed by atoms with Gasteiger partial charge in [-0.3, -0.25) is 33.7 Å². The van der Waals surface area contributed by atoms with E-state index in [1.165, 1.54) is 11.3 Å². The largest absolute Gasteiger partial charge is 0.381 e. The lowest BCUT2D eigenvalue weighted by Gasteiger charge is -2.39. The van der Waals surface area contributed by atoms with Gasteiger partial charge < -0.3 is 20.4 Å². The number of amides is 3. The number of thiophene rings is 1. The molecule has 2 aromatic carbocycles. The van der Waals surface area contributed by atoms with E-state index in [0.717, 1.165) is 124 Å². The zero-order valence-electron chi connectivity index (χ0n) is 33.6. The molecule has 1 unspecified atom stereocenters. The number of rotatable bonds is 6. The summed E-state index contributed by atoms with van der Waals surface area (Å²) >= 11 is 1.52. The Bertz CT molecular complexity index is 2740. The normalized spacial score (nSPS) is 20.8. The number of nitrogens with one attached hydrogen (secondary N) is 3. The lowest BCUT2D eigenvalue weighted by molar-refractivity contribution is -0.135. The molecule has 0 spiro atoms. The molecule has 3 fully saturated rings. The summed E-state index contributed by atoms with van der Waals surface area (Å²) in [5.41, 5.74) is 7.02. The van der Waals surface area contributed by atoms with Crippen LogP contribution in [0.25, 0.3) is 43.3 Å². The fourth-order valence-electron chi connectivity index (χ4n) is 9.55. The molecule has 0 aliphatic carbocycles. The Morgan fingerprint density at radius 3 is 2.44 bits per heavy atom. The molecule has 0 saturated carbocycles. The van der Waals surface area contributed by atoms with Crippen molar-refractivity contribution in [3.8, 4) is 11.3 Å². The molecule has 59 heavy (non-hydrogen) atoms. The second kappa shape index (κ2) is 14.8. The maximum absolute atomic E-state index is 13.3. The molecule has 14 nitrogen and oxygen atoms in total. The van der Waals surface area contributed by atoms with Gasteiger partial charge in [-0.2, -0.15) is 0 Å². The second-order valence-corrected chi connectivity index (χ2v) is 17.7. The van der Waals surface area contributed by atoms with Gasteiger partial charge in [-0.15, -0.1) is 11.3 Å². The Labute approximate surface area is 345 Å². The number of hydrogen-bond donors (Lipinski definition) is 3. The van der Waals surface area contributed by atoms with Crippen LogP contribution >= 0.6 is 11.3 Å². The first-order chi connectivity index (χ1) is 28.6. The summed E-state index contributed by atoms with van der Waals surface area (Å²) in [4.78, 5) is 68.8. The maximum atomic E-state index is 13.3. The summed E-state index contributed by atoms with van der Waals surface area (Å²) in [6.07, 6.45) is 2.76. The number of imidazole rings is 1. The van der Waals surface area contributed by atoms with E-state index in [1.807, 2.05) is 13.0 Å². The fraction of sp³-hybridized carbons (Fsp3) is 0.409. The van der Waals surface area contributed by atoms with Crippen molar-refractivity contribution >= 4 is 78.3 Å². The third-order valence-corrected chi connectivity index (χ3v) is 14.0. The highest BCUT2D eigenvalue weighted by Gasteiger charge is 2.32. The molecule has 15 heteroatoms. The molecule has 0 bridgehead atoms. The number of pyridine rings is 2. The number of benzene rings is 2. The zero-order chi connectivity index (χ0) is 40.5. The Morgan fingerprint density at radius 2 is 1.66 bits per heavy atom. The highest BCUT2D eigenvalue weighted by atomic mass is 32.1. The van der Waals surface area contributed by atoms with Crippen LogP contribution in [0, 0.1) is 12.8 Å². The van der Waals surface area contributed by atoms with Crippen LogP contribution in [0.1, 0.15) is 54.0 Å². The highest BCUT2D eigenvalue weighted by molar-refractivity contribution is 7.21. The molecule has 3 saturated heterocycles. The first kappa shape index (κ1) is 37.5. The smallest absolute Gasteiger partial charge is 0.329 e. The van der Waals surface area contributed by atoms with Crippen molar-refractivity contribution in [2.75, 3.05) is 67.5 Å². The lowest BCUT2D eigenvalue weighted by atomic mass is 9.95. The average Bonchev–Trinajstić information content (AvgIpc) is 3.69. The van der Waals surface area contributed by atoms with Gasteiger partial charge in [0.2, 0.25) is 11.8 Å². The first-order valence-electron chi connectivity index (χ1n) is 20.8. The van der Waals surface area contributed by atoms with E-state index in [1.54, 1.807) is 16.2 Å². The van der Waals surface area contributed by atoms with Crippen LogP contribution in [-0.2, 0) is 16.6 Å². The number of hydrogen-bond acceptors (Lipinski definition) is 11. The predicted octanol–water partition coefficient (Wildman–Crippen LogP) is 5.03. The number of carbonyl (C=O) groups excluding carboxylic acids is 3. The van der Waals surface area contributed by atoms with Crippen molar-refractivity contribution in [3.05, 3.63) is 75.7 Å². The minimum absolute atomic E-state index is 0.0249. The number of piperidine rings is 2. The van der Waals surface area contributed by atoms with Crippen molar-refractivity contribution in [2.24, 2.45) is 13.0 Å². The van der Waals surface area contributed by atoms with E-state index in [-0.39, 0.29) is 30.0 Å². The van der Waals surface area contributed by atoms with E-state index < -0.39 is 11.9 Å². The van der Waals surface area contributed by atoms with Crippen molar-refractivity contribution in [2.45, 2.75) is 51.6 Å². The fourth-order valence-corrected chi connectivity index (χ4v) is 10.6. The third-order valence-electron chi connectivity index (χ3n) is 12.8. The summed E-state index contributed by atoms with van der Waals surface area (Å²) in [5, 5.41) is 11.1. The summed E-state index contributed by atoms with van der Waals surface area (Å²) in [6.45, 7) is 11.6. The van der Waals surface area contributed by atoms with Crippen LogP contribution < -0.4 is 31.4 Å². The summed E-state index contributed by atoms with van der Waals surface area (Å²) < 4.78 is 4.22. The molecule has 4 aromatic heterocycles. The Kier molecular flexibility index (Phi) is 9.39. The van der Waals surface area contributed by atoms with Gasteiger partial charge in [-0.25, -0.2) is 14.8 Å². The number of carbonyl (C=O) groups is 3. The van der Waals surface area contributed by atoms with E-state index in [0.29, 0.717) is 24.4 Å². The molecule has 4 aliphatic rings. The van der Waals surface area contributed by atoms with Gasteiger partial charge in [0, 0.05) is 104 Å². The summed E-state index contributed by atoms with van der Waals surface area (Å²) in [5.74, 6) is 0.895. The molecule has 10 rings (SSSR count). The van der Waals surface area contributed by atoms with Gasteiger partial charge in [-0.05, 0) is 93.6 Å². The molecule has 3 N–H and O–H groups in total. The van der Waals surface area contributed by atoms with Gasteiger partial charge >= 0.3 is 5.69 Å². The number of nitrogens with zero attached hydrogens (tertiary/aromatic N) is 7. The molecule has 3 amide bonds. The monoisotopic (exact) mass is 812 g/mol. The van der Waals surface area contributed by atoms with Crippen LogP contribution in [0.3, 0.4) is 0 Å². The maximum Gasteiger partial charge on any atom is 0.329 e. The Hall–Kier alpha value is -5.80. The first-order valence-corrected chi connectivity index (χ1v) is 21.6. The van der Waals surface area contributed by atoms with Crippen LogP contribution in [0.5, 0.6) is 0 Å². The number of imide groups is 1. The Balaban J connectivity index is 0.755. The quantitative estimate of drug-likeness (QED) is 0.196. The lowest BCUT2D eigenvalue weighted by Crippen LogP contribution is -2.49. The molecule has 4 aliphatic heterocycles. The van der Waals surface area contributed by atoms with Crippen molar-refractivity contribution in [1.82, 2.24) is 34.6 Å². The minimum atomic E-state index is -0.682. The molecular formula is C44H48N10O4S. The van der Waals surface area contributed by atoms with E-state index >= 15 is 0 Å². The van der Waals surface area contributed by atoms with Gasteiger partial charge in [0.05, 0.1) is 27.9 Å². The van der Waals surface area contributed by atoms with E-state index in [4.69, 9.17) is 9.97 Å². The Morgan fingerprint density at radius 1 is 0.847 bits per heavy atom. The molecule has 0 radical (unpaired) electrons. The van der Waals surface area contributed by atoms with Gasteiger partial charge in [0.15, 0.2) is 0 Å². The van der Waals surface area contributed by atoms with E-state index in [2.05, 4.69) is 86.1 Å². The van der Waals surface area contributed by atoms with Crippen LogP contribution in [0.4, 0.5) is 17.2 Å². The zero-order valence-corrected chi connectivity index (χ0v) is 34.4. The van der Waals surface area contributed by atoms with Gasteiger partial charge in [-0.1, -0.05) is 0 Å². The molecule has 304 valence electrons. The van der Waals surface area contributed by atoms with E-state index in [9.17, 15) is 19.2 Å². The topological polar surface area (TPSA) is 150 Å². The molecule has 6 aromatic rings. The van der Waals surface area contributed by atoms with Crippen molar-refractivity contribution in [3.63, 3.8) is 0 Å². The highest BCUT2D eigenvalue weighted by Crippen LogP contribution is 2.41. The molecular weight excluding hydrogens is 765 g/mol. The number of aryl methyl sites for hydroxylation is 2. The van der Waals surface area contributed by atoms with Crippen molar-refractivity contribution in [1.29, 1.82) is 0 Å². The molecule has 8 heterocycles. The van der Waals surface area contributed by atoms with Crippen LogP contribution in [0.15, 0.2) is 59.4 Å². The summed E-state index contributed by atoms with van der Waals surface area (Å²) in [7, 11) is 1.75.